The van der Waals surface area contributed by atoms with Gasteiger partial charge in [-0.05, 0) is 51.4 Å². The number of nitrogens with one attached hydrogen (secondary N) is 1. The Labute approximate surface area is 320 Å². The van der Waals surface area contributed by atoms with Crippen molar-refractivity contribution in [2.45, 2.75) is 147 Å². The lowest BCUT2D eigenvalue weighted by molar-refractivity contribution is -0.870. The van der Waals surface area contributed by atoms with Gasteiger partial charge in [-0.15, -0.1) is 0 Å². The maximum absolute atomic E-state index is 12.9. The fourth-order valence-electron chi connectivity index (χ4n) is 6.03. The summed E-state index contributed by atoms with van der Waals surface area (Å²) in [6.45, 7) is 4.39. The van der Waals surface area contributed by atoms with Crippen molar-refractivity contribution in [2.24, 2.45) is 11.8 Å². The molecule has 0 aliphatic heterocycles. The topological polar surface area (TPSA) is 163 Å². The van der Waals surface area contributed by atoms with Crippen LogP contribution in [0.25, 0.3) is 0 Å². The summed E-state index contributed by atoms with van der Waals surface area (Å²) in [7, 11) is 1.38. The molecule has 5 N–H and O–H groups in total. The van der Waals surface area contributed by atoms with Gasteiger partial charge < -0.3 is 30.0 Å². The number of aliphatic hydroxyl groups is 3. The summed E-state index contributed by atoms with van der Waals surface area (Å²) in [5.74, 6) is -1.02. The SMILES string of the molecule is CCCCCCC/C=C\CC/C=C/[C@@H](O)[C@H](COP(=O)(O)OCC[N+](C)(C)C)NC(=O)CCC/C=C\C[C@H]1C(=O)C[C@@H](O)[C@@H]1/C=C/[C@@H](O)CCCCC. The first-order chi connectivity index (χ1) is 25.2. The molecule has 1 aliphatic carbocycles. The van der Waals surface area contributed by atoms with Gasteiger partial charge >= 0.3 is 7.82 Å². The van der Waals surface area contributed by atoms with Crippen LogP contribution in [0.15, 0.2) is 48.6 Å². The molecule has 7 atom stereocenters. The van der Waals surface area contributed by atoms with Crippen LogP contribution in [-0.2, 0) is 23.2 Å². The van der Waals surface area contributed by atoms with E-state index in [2.05, 4.69) is 31.3 Å². The first-order valence-electron chi connectivity index (χ1n) is 20.1. The van der Waals surface area contributed by atoms with Crippen LogP contribution in [0.2, 0.25) is 0 Å². The van der Waals surface area contributed by atoms with E-state index in [1.807, 2.05) is 39.4 Å². The minimum Gasteiger partial charge on any atom is -0.392 e. The molecular weight excluding hydrogens is 695 g/mol. The van der Waals surface area contributed by atoms with Gasteiger partial charge in [-0.25, -0.2) is 4.57 Å². The summed E-state index contributed by atoms with van der Waals surface area (Å²) in [6.07, 6.45) is 26.9. The molecule has 1 amide bonds. The van der Waals surface area contributed by atoms with Crippen molar-refractivity contribution in [3.8, 4) is 0 Å². The van der Waals surface area contributed by atoms with E-state index in [0.29, 0.717) is 43.1 Å². The third-order valence-electron chi connectivity index (χ3n) is 9.39. The minimum absolute atomic E-state index is 0.00559. The highest BCUT2D eigenvalue weighted by atomic mass is 31.2. The zero-order valence-electron chi connectivity index (χ0n) is 33.4. The van der Waals surface area contributed by atoms with Crippen LogP contribution in [0.3, 0.4) is 0 Å². The number of hydrogen-bond donors (Lipinski definition) is 5. The number of phosphoric ester groups is 1. The molecule has 0 aromatic rings. The Morgan fingerprint density at radius 2 is 1.53 bits per heavy atom. The van der Waals surface area contributed by atoms with Crippen molar-refractivity contribution in [1.82, 2.24) is 5.32 Å². The van der Waals surface area contributed by atoms with Gasteiger partial charge in [0, 0.05) is 24.7 Å². The number of rotatable bonds is 31. The number of carbonyl (C=O) groups is 2. The number of Topliss-reactive ketones (excluding diaryl/α,β-unsaturated/α-hetero) is 1. The molecule has 1 aliphatic rings. The summed E-state index contributed by atoms with van der Waals surface area (Å²) in [4.78, 5) is 35.7. The average Bonchev–Trinajstić information content (AvgIpc) is 3.36. The first-order valence-corrected chi connectivity index (χ1v) is 21.6. The fourth-order valence-corrected chi connectivity index (χ4v) is 6.77. The van der Waals surface area contributed by atoms with Crippen LogP contribution in [0, 0.1) is 11.8 Å². The Kier molecular flexibility index (Phi) is 26.3. The van der Waals surface area contributed by atoms with Gasteiger partial charge in [-0.1, -0.05) is 107 Å². The van der Waals surface area contributed by atoms with Crippen LogP contribution in [-0.4, -0.2) is 102 Å². The van der Waals surface area contributed by atoms with Gasteiger partial charge in [0.1, 0.15) is 18.9 Å². The normalized spacial score (nSPS) is 21.3. The lowest BCUT2D eigenvalue weighted by Crippen LogP contribution is -2.45. The molecule has 1 rings (SSSR count). The van der Waals surface area contributed by atoms with Crippen LogP contribution in [0.4, 0.5) is 0 Å². The number of allylic oxidation sites excluding steroid dienone is 5. The number of ketones is 1. The van der Waals surface area contributed by atoms with E-state index in [1.165, 1.54) is 32.1 Å². The molecule has 1 unspecified atom stereocenters. The average molecular weight is 770 g/mol. The Bertz CT molecular complexity index is 1170. The molecule has 0 bridgehead atoms. The quantitative estimate of drug-likeness (QED) is 0.0214. The van der Waals surface area contributed by atoms with Crippen molar-refractivity contribution in [3.63, 3.8) is 0 Å². The second-order valence-electron chi connectivity index (χ2n) is 15.4. The van der Waals surface area contributed by atoms with Crippen LogP contribution in [0.5, 0.6) is 0 Å². The van der Waals surface area contributed by atoms with Gasteiger partial charge in [-0.3, -0.25) is 18.6 Å². The molecule has 0 aromatic carbocycles. The van der Waals surface area contributed by atoms with Crippen molar-refractivity contribution >= 4 is 19.5 Å². The van der Waals surface area contributed by atoms with E-state index in [1.54, 1.807) is 18.2 Å². The van der Waals surface area contributed by atoms with E-state index in [0.717, 1.165) is 32.1 Å². The number of carbonyl (C=O) groups excluding carboxylic acids is 2. The second-order valence-corrected chi connectivity index (χ2v) is 16.9. The van der Waals surface area contributed by atoms with Gasteiger partial charge in [-0.2, -0.15) is 0 Å². The smallest absolute Gasteiger partial charge is 0.392 e. The molecule has 0 radical (unpaired) electrons. The maximum atomic E-state index is 12.9. The molecule has 306 valence electrons. The highest BCUT2D eigenvalue weighted by molar-refractivity contribution is 7.47. The predicted molar refractivity (Wildman–Crippen MR) is 213 cm³/mol. The molecule has 1 fully saturated rings. The third kappa shape index (κ3) is 25.0. The molecule has 0 spiro atoms. The number of hydrogen-bond acceptors (Lipinski definition) is 8. The zero-order valence-corrected chi connectivity index (χ0v) is 34.3. The Hall–Kier alpha value is -1.95. The standard InChI is InChI=1S/C41H73N2O9P/c1-6-8-10-11-12-13-14-15-16-17-22-26-38(45)37(33-52-53(49,50)51-31-30-43(3,4)5)42-41(48)27-23-19-18-21-25-35-36(40(47)32-39(35)46)29-28-34(44)24-20-9-7-2/h14-15,18,21-22,26,28-29,34-38,40,44-45,47H,6-13,16-17,19-20,23-25,27,30-33H2,1-5H3,(H-,42,48,49,50)/p+1/b15-14-,21-18-,26-22+,29-28+/t34-,35+,36+,37-,38+,40+/m0/s1. The largest absolute Gasteiger partial charge is 0.472 e. The number of quaternary nitrogens is 1. The summed E-state index contributed by atoms with van der Waals surface area (Å²) < 4.78 is 23.4. The van der Waals surface area contributed by atoms with Crippen LogP contribution >= 0.6 is 7.82 Å². The molecule has 0 saturated heterocycles. The van der Waals surface area contributed by atoms with Crippen molar-refractivity contribution in [2.75, 3.05) is 40.9 Å². The van der Waals surface area contributed by atoms with Crippen LogP contribution in [0.1, 0.15) is 123 Å². The van der Waals surface area contributed by atoms with E-state index in [-0.39, 0.29) is 43.0 Å². The van der Waals surface area contributed by atoms with Gasteiger partial charge in [0.15, 0.2) is 0 Å². The third-order valence-corrected chi connectivity index (χ3v) is 10.4. The Morgan fingerprint density at radius 3 is 2.25 bits per heavy atom. The monoisotopic (exact) mass is 770 g/mol. The molecule has 1 saturated carbocycles. The van der Waals surface area contributed by atoms with Gasteiger partial charge in [0.05, 0.1) is 52.1 Å². The van der Waals surface area contributed by atoms with Crippen molar-refractivity contribution < 1.29 is 47.9 Å². The number of amides is 1. The summed E-state index contributed by atoms with van der Waals surface area (Å²) in [5.41, 5.74) is 0. The molecule has 0 heterocycles. The molecular formula is C41H74N2O9P+. The van der Waals surface area contributed by atoms with Crippen LogP contribution < -0.4 is 5.32 Å². The molecule has 11 nitrogen and oxygen atoms in total. The molecule has 12 heteroatoms. The van der Waals surface area contributed by atoms with E-state index < -0.39 is 38.8 Å². The highest BCUT2D eigenvalue weighted by Crippen LogP contribution is 2.43. The van der Waals surface area contributed by atoms with Crippen molar-refractivity contribution in [3.05, 3.63) is 48.6 Å². The lowest BCUT2D eigenvalue weighted by Gasteiger charge is -2.25. The lowest BCUT2D eigenvalue weighted by atomic mass is 9.90. The number of aliphatic hydroxyl groups excluding tert-OH is 3. The Morgan fingerprint density at radius 1 is 0.887 bits per heavy atom. The number of phosphoric acid groups is 1. The molecule has 0 aromatic heterocycles. The fraction of sp³-hybridized carbons (Fsp3) is 0.756. The van der Waals surface area contributed by atoms with Crippen molar-refractivity contribution in [1.29, 1.82) is 0 Å². The zero-order chi connectivity index (χ0) is 39.5. The highest BCUT2D eigenvalue weighted by Gasteiger charge is 2.39. The van der Waals surface area contributed by atoms with Gasteiger partial charge in [0.2, 0.25) is 5.91 Å². The Balaban J connectivity index is 2.66. The van der Waals surface area contributed by atoms with E-state index >= 15 is 0 Å². The van der Waals surface area contributed by atoms with Gasteiger partial charge in [0.25, 0.3) is 0 Å². The second kappa shape index (κ2) is 28.5. The number of nitrogens with zero attached hydrogens (tertiary/aromatic N) is 1. The summed E-state index contributed by atoms with van der Waals surface area (Å²) in [5, 5.41) is 34.4. The molecule has 53 heavy (non-hydrogen) atoms. The maximum Gasteiger partial charge on any atom is 0.472 e. The summed E-state index contributed by atoms with van der Waals surface area (Å²) in [6, 6.07) is -0.967. The first kappa shape index (κ1) is 49.1. The minimum atomic E-state index is -4.41. The summed E-state index contributed by atoms with van der Waals surface area (Å²) >= 11 is 0. The van der Waals surface area contributed by atoms with E-state index in [4.69, 9.17) is 9.05 Å². The number of unbranched alkanes of at least 4 members (excludes halogenated alkanes) is 9. The number of likely N-dealkylation sites (N-methyl/N-ethyl adjacent to an activating group) is 1. The van der Waals surface area contributed by atoms with E-state index in [9.17, 15) is 34.4 Å². The predicted octanol–water partition coefficient (Wildman–Crippen LogP) is 7.11.